The Hall–Kier alpha value is -3.77. The Labute approximate surface area is 204 Å². The molecular formula is C27H17F4O4P. The van der Waals surface area contributed by atoms with Crippen LogP contribution in [-0.4, -0.2) is 12.6 Å². The topological polar surface area (TPSA) is 36.9 Å². The summed E-state index contributed by atoms with van der Waals surface area (Å²) >= 11 is 0. The Bertz CT molecular complexity index is 1420. The van der Waals surface area contributed by atoms with Crippen LogP contribution in [0, 0.1) is 6.92 Å². The quantitative estimate of drug-likeness (QED) is 0.246. The van der Waals surface area contributed by atoms with Gasteiger partial charge in [-0.1, -0.05) is 66.7 Å². The fourth-order valence-corrected chi connectivity index (χ4v) is 6.89. The van der Waals surface area contributed by atoms with Crippen LogP contribution in [0.25, 0.3) is 11.1 Å². The first kappa shape index (κ1) is 22.7. The van der Waals surface area contributed by atoms with Crippen LogP contribution in [0.2, 0.25) is 0 Å². The number of rotatable bonds is 4. The Kier molecular flexibility index (Phi) is 5.12. The monoisotopic (exact) mass is 512 g/mol. The molecule has 0 atom stereocenters. The molecule has 0 amide bonds. The first-order valence-electron chi connectivity index (χ1n) is 11.0. The van der Waals surface area contributed by atoms with Crippen molar-refractivity contribution in [1.29, 1.82) is 0 Å². The number of alkyl halides is 4. The van der Waals surface area contributed by atoms with E-state index in [0.29, 0.717) is 10.9 Å². The summed E-state index contributed by atoms with van der Waals surface area (Å²) in [5.41, 5.74) is 0.885. The van der Waals surface area contributed by atoms with E-state index in [2.05, 4.69) is 4.74 Å². The first-order valence-corrected chi connectivity index (χ1v) is 12.3. The molecule has 4 aromatic rings. The van der Waals surface area contributed by atoms with Crippen LogP contribution in [0.5, 0.6) is 23.0 Å². The molecule has 4 aromatic carbocycles. The third-order valence-electron chi connectivity index (χ3n) is 5.85. The van der Waals surface area contributed by atoms with E-state index in [9.17, 15) is 17.6 Å². The molecule has 0 aliphatic carbocycles. The average molecular weight is 512 g/mol. The molecule has 0 bridgehead atoms. The molecule has 2 aliphatic heterocycles. The molecule has 36 heavy (non-hydrogen) atoms. The minimum Gasteiger partial charge on any atom is -0.395 e. The first-order chi connectivity index (χ1) is 17.2. The predicted molar refractivity (Wildman–Crippen MR) is 128 cm³/mol. The van der Waals surface area contributed by atoms with Crippen LogP contribution in [0.3, 0.4) is 0 Å². The van der Waals surface area contributed by atoms with E-state index in [0.717, 1.165) is 10.6 Å². The van der Waals surface area contributed by atoms with Crippen molar-refractivity contribution in [1.82, 2.24) is 0 Å². The maximum atomic E-state index is 14.3. The number of aryl methyl sites for hydroxylation is 1. The summed E-state index contributed by atoms with van der Waals surface area (Å²) in [4.78, 5) is 0. The molecule has 0 spiro atoms. The van der Waals surface area contributed by atoms with Gasteiger partial charge in [-0.25, -0.2) is 0 Å². The van der Waals surface area contributed by atoms with E-state index in [4.69, 9.17) is 14.2 Å². The summed E-state index contributed by atoms with van der Waals surface area (Å²) < 4.78 is 76.1. The van der Waals surface area contributed by atoms with E-state index in [-0.39, 0.29) is 34.1 Å². The molecule has 0 saturated carbocycles. The van der Waals surface area contributed by atoms with Gasteiger partial charge in [-0.05, 0) is 54.5 Å². The van der Waals surface area contributed by atoms with Crippen molar-refractivity contribution in [3.05, 3.63) is 90.5 Å². The maximum absolute atomic E-state index is 14.3. The molecule has 9 heteroatoms. The van der Waals surface area contributed by atoms with Crippen LogP contribution in [0.4, 0.5) is 17.6 Å². The summed E-state index contributed by atoms with van der Waals surface area (Å²) in [5, 5.41) is 2.47. The number of hydrogen-bond donors (Lipinski definition) is 0. The van der Waals surface area contributed by atoms with E-state index >= 15 is 0 Å². The van der Waals surface area contributed by atoms with Crippen LogP contribution >= 0.6 is 7.92 Å². The zero-order valence-electron chi connectivity index (χ0n) is 18.7. The lowest BCUT2D eigenvalue weighted by atomic mass is 9.97. The van der Waals surface area contributed by atoms with Gasteiger partial charge in [0.2, 0.25) is 0 Å². The van der Waals surface area contributed by atoms with Crippen LogP contribution < -0.4 is 34.9 Å². The second-order valence-corrected chi connectivity index (χ2v) is 10.4. The van der Waals surface area contributed by atoms with Gasteiger partial charge >= 0.3 is 12.6 Å². The summed E-state index contributed by atoms with van der Waals surface area (Å²) in [6, 6.07) is 25.1. The van der Waals surface area contributed by atoms with Gasteiger partial charge in [-0.3, -0.25) is 0 Å². The lowest BCUT2D eigenvalue weighted by Gasteiger charge is -2.24. The molecule has 0 radical (unpaired) electrons. The third-order valence-corrected chi connectivity index (χ3v) is 8.33. The molecule has 0 saturated heterocycles. The smallest absolute Gasteiger partial charge is 0.395 e. The van der Waals surface area contributed by atoms with Crippen molar-refractivity contribution in [3.63, 3.8) is 0 Å². The Balaban J connectivity index is 1.68. The zero-order chi connectivity index (χ0) is 25.1. The summed E-state index contributed by atoms with van der Waals surface area (Å²) in [5.74, 6) is -0.882. The third kappa shape index (κ3) is 3.82. The van der Waals surface area contributed by atoms with E-state index < -0.39 is 20.5 Å². The average Bonchev–Trinajstić information content (AvgIpc) is 3.34. The van der Waals surface area contributed by atoms with Crippen molar-refractivity contribution >= 4 is 23.8 Å². The van der Waals surface area contributed by atoms with Gasteiger partial charge in [0.05, 0.1) is 0 Å². The highest BCUT2D eigenvalue weighted by Gasteiger charge is 2.49. The van der Waals surface area contributed by atoms with Gasteiger partial charge in [0.1, 0.15) is 0 Å². The Morgan fingerprint density at radius 1 is 0.556 bits per heavy atom. The van der Waals surface area contributed by atoms with E-state index in [1.807, 2.05) is 60.7 Å². The predicted octanol–water partition coefficient (Wildman–Crippen LogP) is 6.06. The van der Waals surface area contributed by atoms with Crippen molar-refractivity contribution in [2.45, 2.75) is 19.5 Å². The molecule has 0 fully saturated rings. The molecule has 0 unspecified atom stereocenters. The highest BCUT2D eigenvalue weighted by molar-refractivity contribution is 7.80. The van der Waals surface area contributed by atoms with Gasteiger partial charge in [0.25, 0.3) is 0 Å². The SMILES string of the molecule is Cc1ccc2c(c1-c1c(P(c3ccccc3)c3ccccc3)ccc3c1OC(F)(F)O3)OC(F)(F)O2. The van der Waals surface area contributed by atoms with Crippen molar-refractivity contribution in [3.8, 4) is 34.1 Å². The fraction of sp³-hybridized carbons (Fsp3) is 0.111. The summed E-state index contributed by atoms with van der Waals surface area (Å²) in [6.45, 7) is 1.68. The highest BCUT2D eigenvalue weighted by atomic mass is 31.1. The van der Waals surface area contributed by atoms with Crippen LogP contribution in [0.15, 0.2) is 84.9 Å². The van der Waals surface area contributed by atoms with Crippen LogP contribution in [-0.2, 0) is 0 Å². The van der Waals surface area contributed by atoms with Crippen LogP contribution in [0.1, 0.15) is 5.56 Å². The standard InChI is InChI=1S/C27H17F4O4P/c1-16-12-13-19-24(34-26(28,29)32-19)22(16)23-21(15-14-20-25(23)35-27(30,31)33-20)36(17-8-4-2-5-9-17)18-10-6-3-7-11-18/h2-15H,1H3. The molecule has 4 nitrogen and oxygen atoms in total. The van der Waals surface area contributed by atoms with Gasteiger partial charge in [0, 0.05) is 11.1 Å². The van der Waals surface area contributed by atoms with E-state index in [1.165, 1.54) is 12.1 Å². The van der Waals surface area contributed by atoms with Gasteiger partial charge in [-0.15, -0.1) is 17.6 Å². The Morgan fingerprint density at radius 2 is 1.03 bits per heavy atom. The molecule has 6 rings (SSSR count). The van der Waals surface area contributed by atoms with Gasteiger partial charge < -0.3 is 18.9 Å². The molecular weight excluding hydrogens is 495 g/mol. The molecule has 2 aliphatic rings. The van der Waals surface area contributed by atoms with Gasteiger partial charge in [0.15, 0.2) is 23.0 Å². The van der Waals surface area contributed by atoms with Crippen molar-refractivity contribution < 1.29 is 36.5 Å². The number of hydrogen-bond acceptors (Lipinski definition) is 4. The summed E-state index contributed by atoms with van der Waals surface area (Å²) in [6.07, 6.45) is -7.81. The second-order valence-electron chi connectivity index (χ2n) is 8.21. The van der Waals surface area contributed by atoms with Gasteiger partial charge in [-0.2, -0.15) is 0 Å². The van der Waals surface area contributed by atoms with Crippen molar-refractivity contribution in [2.24, 2.45) is 0 Å². The maximum Gasteiger partial charge on any atom is 0.586 e. The Morgan fingerprint density at radius 3 is 1.56 bits per heavy atom. The minimum atomic E-state index is -3.91. The minimum absolute atomic E-state index is 0.178. The lowest BCUT2D eigenvalue weighted by molar-refractivity contribution is -0.287. The molecule has 0 N–H and O–H groups in total. The van der Waals surface area contributed by atoms with E-state index in [1.54, 1.807) is 19.1 Å². The second kappa shape index (κ2) is 8.14. The van der Waals surface area contributed by atoms with Crippen molar-refractivity contribution in [2.75, 3.05) is 0 Å². The lowest BCUT2D eigenvalue weighted by Crippen LogP contribution is -2.27. The number of ether oxygens (including phenoxy) is 4. The zero-order valence-corrected chi connectivity index (χ0v) is 19.6. The number of halogens is 4. The number of benzene rings is 4. The molecule has 0 aromatic heterocycles. The number of fused-ring (bicyclic) bond motifs is 2. The largest absolute Gasteiger partial charge is 0.586 e. The summed E-state index contributed by atoms with van der Waals surface area (Å²) in [7, 11) is -1.33. The highest BCUT2D eigenvalue weighted by Crippen LogP contribution is 2.56. The normalized spacial score (nSPS) is 16.4. The fourth-order valence-electron chi connectivity index (χ4n) is 4.43. The molecule has 2 heterocycles. The molecule has 182 valence electrons.